The molecule has 0 radical (unpaired) electrons. The molecule has 1 unspecified atom stereocenters. The first-order valence-electron chi connectivity index (χ1n) is 5.03. The van der Waals surface area contributed by atoms with Crippen molar-refractivity contribution in [3.8, 4) is 11.1 Å². The van der Waals surface area contributed by atoms with Gasteiger partial charge in [0, 0.05) is 18.4 Å². The third-order valence-electron chi connectivity index (χ3n) is 2.43. The molecule has 0 spiro atoms. The van der Waals surface area contributed by atoms with Crippen LogP contribution in [0.25, 0.3) is 11.1 Å². The molecule has 92 valence electrons. The van der Waals surface area contributed by atoms with E-state index in [0.29, 0.717) is 0 Å². The zero-order valence-corrected chi connectivity index (χ0v) is 11.2. The summed E-state index contributed by atoms with van der Waals surface area (Å²) in [4.78, 5) is 4.09. The Kier molecular flexibility index (Phi) is 6.81. The third kappa shape index (κ3) is 4.00. The summed E-state index contributed by atoms with van der Waals surface area (Å²) in [6.07, 6.45) is 3.64. The van der Waals surface area contributed by atoms with Gasteiger partial charge in [0.2, 0.25) is 0 Å². The summed E-state index contributed by atoms with van der Waals surface area (Å²) in [6, 6.07) is 12.4. The SMILES string of the molecule is CC(N)c1ccc(-c2cccnc2)cc1.Cl.Cl. The van der Waals surface area contributed by atoms with Gasteiger partial charge in [-0.05, 0) is 29.7 Å². The molecule has 0 saturated carbocycles. The molecule has 17 heavy (non-hydrogen) atoms. The number of pyridine rings is 1. The fourth-order valence-corrected chi connectivity index (χ4v) is 1.51. The molecule has 1 heterocycles. The second kappa shape index (κ2) is 7.28. The topological polar surface area (TPSA) is 38.9 Å². The summed E-state index contributed by atoms with van der Waals surface area (Å²) in [5, 5.41) is 0. The van der Waals surface area contributed by atoms with Crippen LogP contribution in [0.2, 0.25) is 0 Å². The highest BCUT2D eigenvalue weighted by Crippen LogP contribution is 2.20. The van der Waals surface area contributed by atoms with E-state index in [1.165, 1.54) is 5.56 Å². The number of nitrogens with zero attached hydrogens (tertiary/aromatic N) is 1. The van der Waals surface area contributed by atoms with E-state index in [9.17, 15) is 0 Å². The molecular formula is C13H16Cl2N2. The Bertz CT molecular complexity index is 427. The number of rotatable bonds is 2. The second-order valence-corrected chi connectivity index (χ2v) is 3.65. The summed E-state index contributed by atoms with van der Waals surface area (Å²) in [5.41, 5.74) is 9.25. The zero-order chi connectivity index (χ0) is 10.7. The molecule has 0 aliphatic rings. The van der Waals surface area contributed by atoms with Crippen LogP contribution >= 0.6 is 24.8 Å². The average molecular weight is 271 g/mol. The van der Waals surface area contributed by atoms with Crippen molar-refractivity contribution in [3.05, 3.63) is 54.4 Å². The Hall–Kier alpha value is -1.09. The van der Waals surface area contributed by atoms with E-state index >= 15 is 0 Å². The molecule has 0 amide bonds. The summed E-state index contributed by atoms with van der Waals surface area (Å²) in [7, 11) is 0. The van der Waals surface area contributed by atoms with E-state index in [2.05, 4.69) is 29.2 Å². The van der Waals surface area contributed by atoms with E-state index in [4.69, 9.17) is 5.73 Å². The van der Waals surface area contributed by atoms with Gasteiger partial charge >= 0.3 is 0 Å². The quantitative estimate of drug-likeness (QED) is 0.906. The summed E-state index contributed by atoms with van der Waals surface area (Å²) in [6.45, 7) is 1.99. The highest BCUT2D eigenvalue weighted by atomic mass is 35.5. The normalized spacial score (nSPS) is 10.9. The first kappa shape index (κ1) is 15.9. The van der Waals surface area contributed by atoms with Gasteiger partial charge in [0.25, 0.3) is 0 Å². The smallest absolute Gasteiger partial charge is 0.0346 e. The molecule has 0 saturated heterocycles. The van der Waals surface area contributed by atoms with Gasteiger partial charge in [-0.3, -0.25) is 4.98 Å². The van der Waals surface area contributed by atoms with Crippen LogP contribution in [-0.4, -0.2) is 4.98 Å². The summed E-state index contributed by atoms with van der Waals surface area (Å²) >= 11 is 0. The molecule has 0 aliphatic heterocycles. The standard InChI is InChI=1S/C13H14N2.2ClH/c1-10(14)11-4-6-12(7-5-11)13-3-2-8-15-9-13;;/h2-10H,14H2,1H3;2*1H. The number of hydrogen-bond donors (Lipinski definition) is 1. The monoisotopic (exact) mass is 270 g/mol. The number of aromatic nitrogens is 1. The van der Waals surface area contributed by atoms with E-state index < -0.39 is 0 Å². The lowest BCUT2D eigenvalue weighted by molar-refractivity contribution is 0.818. The van der Waals surface area contributed by atoms with Gasteiger partial charge in [-0.2, -0.15) is 0 Å². The Balaban J connectivity index is 0.00000128. The van der Waals surface area contributed by atoms with Crippen molar-refractivity contribution in [2.75, 3.05) is 0 Å². The zero-order valence-electron chi connectivity index (χ0n) is 9.54. The first-order chi connectivity index (χ1) is 7.27. The molecule has 1 aromatic heterocycles. The number of halogens is 2. The van der Waals surface area contributed by atoms with E-state index in [1.54, 1.807) is 6.20 Å². The van der Waals surface area contributed by atoms with Gasteiger partial charge in [0.05, 0.1) is 0 Å². The lowest BCUT2D eigenvalue weighted by Crippen LogP contribution is -2.04. The van der Waals surface area contributed by atoms with Crippen LogP contribution in [0.3, 0.4) is 0 Å². The van der Waals surface area contributed by atoms with Crippen LogP contribution in [-0.2, 0) is 0 Å². The maximum Gasteiger partial charge on any atom is 0.0346 e. The van der Waals surface area contributed by atoms with Crippen molar-refractivity contribution in [2.45, 2.75) is 13.0 Å². The summed E-state index contributed by atoms with van der Waals surface area (Å²) < 4.78 is 0. The van der Waals surface area contributed by atoms with Crippen LogP contribution in [0, 0.1) is 0 Å². The molecule has 2 nitrogen and oxygen atoms in total. The molecule has 2 aromatic rings. The minimum absolute atomic E-state index is 0. The van der Waals surface area contributed by atoms with E-state index in [-0.39, 0.29) is 30.9 Å². The van der Waals surface area contributed by atoms with Crippen LogP contribution in [0.1, 0.15) is 18.5 Å². The molecule has 4 heteroatoms. The molecule has 1 atom stereocenters. The molecule has 0 aliphatic carbocycles. The van der Waals surface area contributed by atoms with Crippen LogP contribution in [0.15, 0.2) is 48.8 Å². The van der Waals surface area contributed by atoms with Crippen molar-refractivity contribution >= 4 is 24.8 Å². The summed E-state index contributed by atoms with van der Waals surface area (Å²) in [5.74, 6) is 0. The van der Waals surface area contributed by atoms with E-state index in [0.717, 1.165) is 11.1 Å². The third-order valence-corrected chi connectivity index (χ3v) is 2.43. The fraction of sp³-hybridized carbons (Fsp3) is 0.154. The van der Waals surface area contributed by atoms with Crippen molar-refractivity contribution in [1.82, 2.24) is 4.98 Å². The fourth-order valence-electron chi connectivity index (χ4n) is 1.51. The number of benzene rings is 1. The van der Waals surface area contributed by atoms with Crippen molar-refractivity contribution in [3.63, 3.8) is 0 Å². The maximum atomic E-state index is 5.79. The predicted octanol–water partition coefficient (Wildman–Crippen LogP) is 3.61. The molecule has 2 rings (SSSR count). The van der Waals surface area contributed by atoms with Crippen molar-refractivity contribution < 1.29 is 0 Å². The maximum absolute atomic E-state index is 5.79. The van der Waals surface area contributed by atoms with Gasteiger partial charge in [0.1, 0.15) is 0 Å². The largest absolute Gasteiger partial charge is 0.324 e. The predicted molar refractivity (Wildman–Crippen MR) is 76.8 cm³/mol. The Morgan fingerprint density at radius 3 is 2.12 bits per heavy atom. The van der Waals surface area contributed by atoms with Crippen LogP contribution in [0.5, 0.6) is 0 Å². The highest BCUT2D eigenvalue weighted by Gasteiger charge is 2.00. The van der Waals surface area contributed by atoms with Gasteiger partial charge in [0.15, 0.2) is 0 Å². The van der Waals surface area contributed by atoms with Gasteiger partial charge < -0.3 is 5.73 Å². The molecule has 0 fully saturated rings. The molecular weight excluding hydrogens is 255 g/mol. The van der Waals surface area contributed by atoms with Crippen molar-refractivity contribution in [1.29, 1.82) is 0 Å². The van der Waals surface area contributed by atoms with Crippen LogP contribution < -0.4 is 5.73 Å². The molecule has 2 N–H and O–H groups in total. The second-order valence-electron chi connectivity index (χ2n) is 3.65. The van der Waals surface area contributed by atoms with E-state index in [1.807, 2.05) is 25.3 Å². The van der Waals surface area contributed by atoms with Gasteiger partial charge in [-0.15, -0.1) is 24.8 Å². The van der Waals surface area contributed by atoms with Crippen LogP contribution in [0.4, 0.5) is 0 Å². The first-order valence-corrected chi connectivity index (χ1v) is 5.03. The molecule has 1 aromatic carbocycles. The minimum Gasteiger partial charge on any atom is -0.324 e. The number of nitrogens with two attached hydrogens (primary N) is 1. The average Bonchev–Trinajstić information content (AvgIpc) is 2.30. The lowest BCUT2D eigenvalue weighted by Gasteiger charge is -2.06. The Morgan fingerprint density at radius 2 is 1.65 bits per heavy atom. The van der Waals surface area contributed by atoms with Gasteiger partial charge in [-0.1, -0.05) is 30.3 Å². The number of hydrogen-bond acceptors (Lipinski definition) is 2. The minimum atomic E-state index is 0. The molecule has 0 bridgehead atoms. The van der Waals surface area contributed by atoms with Crippen molar-refractivity contribution in [2.24, 2.45) is 5.73 Å². The lowest BCUT2D eigenvalue weighted by atomic mass is 10.0. The Labute approximate surface area is 114 Å². The highest BCUT2D eigenvalue weighted by molar-refractivity contribution is 5.85. The van der Waals surface area contributed by atoms with Gasteiger partial charge in [-0.25, -0.2) is 0 Å². The Morgan fingerprint density at radius 1 is 1.00 bits per heavy atom.